The number of hydrogen-bond acceptors (Lipinski definition) is 5. The second-order valence-corrected chi connectivity index (χ2v) is 8.08. The zero-order valence-electron chi connectivity index (χ0n) is 16.5. The molecule has 1 aromatic carbocycles. The maximum absolute atomic E-state index is 10.4. The Morgan fingerprint density at radius 1 is 1.10 bits per heavy atom. The van der Waals surface area contributed by atoms with Gasteiger partial charge in [0.25, 0.3) is 0 Å². The Bertz CT molecular complexity index is 889. The third-order valence-electron chi connectivity index (χ3n) is 4.23. The lowest BCUT2D eigenvalue weighted by molar-refractivity contribution is 0.187. The van der Waals surface area contributed by atoms with Gasteiger partial charge in [-0.25, -0.2) is 0 Å². The molecule has 0 spiro atoms. The average Bonchev–Trinajstić information content (AvgIpc) is 3.29. The average molecular weight is 445 g/mol. The zero-order chi connectivity index (χ0) is 21.0. The highest BCUT2D eigenvalue weighted by molar-refractivity contribution is 7.99. The number of nitrogens with zero attached hydrogens (tertiary/aromatic N) is 2. The number of thioether (sulfide) groups is 1. The summed E-state index contributed by atoms with van der Waals surface area (Å²) in [7, 11) is 0. The van der Waals surface area contributed by atoms with Crippen LogP contribution in [0.1, 0.15) is 17.4 Å². The van der Waals surface area contributed by atoms with Crippen molar-refractivity contribution in [1.82, 2.24) is 15.6 Å². The number of hydrogen-bond donors (Lipinski definition) is 3. The van der Waals surface area contributed by atoms with E-state index < -0.39 is 6.10 Å². The predicted molar refractivity (Wildman–Crippen MR) is 122 cm³/mol. The van der Waals surface area contributed by atoms with Crippen LogP contribution in [-0.2, 0) is 6.42 Å². The molecule has 0 saturated carbocycles. The maximum atomic E-state index is 10.4. The quantitative estimate of drug-likeness (QED) is 0.190. The fourth-order valence-electron chi connectivity index (χ4n) is 2.67. The van der Waals surface area contributed by atoms with Crippen LogP contribution in [0.25, 0.3) is 0 Å². The first-order valence-electron chi connectivity index (χ1n) is 9.71. The molecule has 3 N–H and O–H groups in total. The molecule has 0 aliphatic heterocycles. The summed E-state index contributed by atoms with van der Waals surface area (Å²) in [5.74, 6) is 2.44. The number of aliphatic hydroxyl groups excluding tert-OH is 1. The monoisotopic (exact) mass is 444 g/mol. The number of benzene rings is 1. The van der Waals surface area contributed by atoms with Gasteiger partial charge in [-0.2, -0.15) is 0 Å². The minimum absolute atomic E-state index is 0.254. The van der Waals surface area contributed by atoms with Crippen molar-refractivity contribution < 1.29 is 9.52 Å². The van der Waals surface area contributed by atoms with Gasteiger partial charge in [0.1, 0.15) is 5.76 Å². The fraction of sp³-hybridized carbons (Fsp3) is 0.273. The Balaban J connectivity index is 1.50. The van der Waals surface area contributed by atoms with Crippen LogP contribution in [0.5, 0.6) is 0 Å². The van der Waals surface area contributed by atoms with Crippen molar-refractivity contribution in [1.29, 1.82) is 0 Å². The Hall–Kier alpha value is -2.48. The molecule has 0 radical (unpaired) electrons. The van der Waals surface area contributed by atoms with Crippen LogP contribution in [-0.4, -0.2) is 41.4 Å². The molecule has 2 aromatic heterocycles. The number of furan rings is 1. The molecule has 30 heavy (non-hydrogen) atoms. The summed E-state index contributed by atoms with van der Waals surface area (Å²) in [4.78, 5) is 9.68. The summed E-state index contributed by atoms with van der Waals surface area (Å²) < 4.78 is 5.37. The van der Waals surface area contributed by atoms with E-state index in [-0.39, 0.29) is 6.54 Å². The third kappa shape index (κ3) is 7.74. The van der Waals surface area contributed by atoms with Crippen molar-refractivity contribution in [2.45, 2.75) is 17.4 Å². The van der Waals surface area contributed by atoms with E-state index >= 15 is 0 Å². The lowest BCUT2D eigenvalue weighted by Gasteiger charge is -2.14. The topological polar surface area (TPSA) is 82.7 Å². The molecular formula is C22H25ClN4O2S. The second kappa shape index (κ2) is 12.3. The summed E-state index contributed by atoms with van der Waals surface area (Å²) in [6.07, 6.45) is 5.07. The van der Waals surface area contributed by atoms with Crippen molar-refractivity contribution >= 4 is 29.3 Å². The van der Waals surface area contributed by atoms with E-state index in [0.717, 1.165) is 35.1 Å². The van der Waals surface area contributed by atoms with E-state index in [4.69, 9.17) is 16.0 Å². The molecule has 0 fully saturated rings. The second-order valence-electron chi connectivity index (χ2n) is 6.47. The van der Waals surface area contributed by atoms with E-state index in [0.29, 0.717) is 12.5 Å². The van der Waals surface area contributed by atoms with Crippen molar-refractivity contribution in [2.75, 3.05) is 25.4 Å². The summed E-state index contributed by atoms with van der Waals surface area (Å²) in [5.41, 5.74) is 0.793. The molecule has 0 saturated heterocycles. The maximum Gasteiger partial charge on any atom is 0.191 e. The molecule has 6 nitrogen and oxygen atoms in total. The van der Waals surface area contributed by atoms with Gasteiger partial charge < -0.3 is 20.2 Å². The van der Waals surface area contributed by atoms with Gasteiger partial charge in [0, 0.05) is 47.6 Å². The Kier molecular flexibility index (Phi) is 9.08. The standard InChI is InChI=1S/C22H25ClN4O2S/c23-18-3-5-20(6-4-18)30-15-13-26-22(25-12-9-19-2-1-14-29-19)27-16-21(28)17-7-10-24-11-8-17/h1-8,10-11,14,21,28H,9,12-13,15-16H2,(H2,25,26,27). The molecule has 1 atom stereocenters. The zero-order valence-corrected chi connectivity index (χ0v) is 18.1. The SMILES string of the molecule is OC(CN=C(NCCSc1ccc(Cl)cc1)NCCc1ccco1)c1ccncc1. The van der Waals surface area contributed by atoms with Crippen LogP contribution in [0.4, 0.5) is 0 Å². The minimum Gasteiger partial charge on any atom is -0.469 e. The number of pyridine rings is 1. The van der Waals surface area contributed by atoms with Crippen molar-refractivity contribution in [3.05, 3.63) is 83.5 Å². The number of halogens is 1. The molecule has 2 heterocycles. The largest absolute Gasteiger partial charge is 0.469 e. The number of guanidine groups is 1. The molecule has 0 aliphatic carbocycles. The summed E-state index contributed by atoms with van der Waals surface area (Å²) in [6.45, 7) is 1.66. The number of aliphatic imine (C=N–C) groups is 1. The molecule has 0 aliphatic rings. The molecule has 0 bridgehead atoms. The van der Waals surface area contributed by atoms with Crippen LogP contribution < -0.4 is 10.6 Å². The minimum atomic E-state index is -0.680. The first kappa shape index (κ1) is 22.2. The van der Waals surface area contributed by atoms with Gasteiger partial charge >= 0.3 is 0 Å². The third-order valence-corrected chi connectivity index (χ3v) is 5.50. The van der Waals surface area contributed by atoms with Crippen molar-refractivity contribution in [3.63, 3.8) is 0 Å². The van der Waals surface area contributed by atoms with Gasteiger partial charge in [-0.05, 0) is 54.1 Å². The number of rotatable bonds is 10. The molecular weight excluding hydrogens is 420 g/mol. The molecule has 3 aromatic rings. The van der Waals surface area contributed by atoms with Gasteiger partial charge in [0.15, 0.2) is 5.96 Å². The van der Waals surface area contributed by atoms with E-state index in [1.807, 2.05) is 36.4 Å². The summed E-state index contributed by atoms with van der Waals surface area (Å²) in [5, 5.41) is 17.7. The van der Waals surface area contributed by atoms with Crippen molar-refractivity contribution in [3.8, 4) is 0 Å². The van der Waals surface area contributed by atoms with E-state index in [1.165, 1.54) is 4.90 Å². The number of nitrogens with one attached hydrogen (secondary N) is 2. The Morgan fingerprint density at radius 3 is 2.60 bits per heavy atom. The van der Waals surface area contributed by atoms with Gasteiger partial charge in [0.05, 0.1) is 18.9 Å². The highest BCUT2D eigenvalue weighted by Gasteiger charge is 2.07. The van der Waals surface area contributed by atoms with E-state index in [1.54, 1.807) is 42.6 Å². The smallest absolute Gasteiger partial charge is 0.191 e. The Labute approximate surface area is 185 Å². The molecule has 158 valence electrons. The van der Waals surface area contributed by atoms with Crippen molar-refractivity contribution in [2.24, 2.45) is 4.99 Å². The molecule has 1 unspecified atom stereocenters. The lowest BCUT2D eigenvalue weighted by Crippen LogP contribution is -2.39. The van der Waals surface area contributed by atoms with E-state index in [9.17, 15) is 5.11 Å². The fourth-order valence-corrected chi connectivity index (χ4v) is 3.57. The number of aromatic nitrogens is 1. The lowest BCUT2D eigenvalue weighted by atomic mass is 10.1. The Morgan fingerprint density at radius 2 is 1.87 bits per heavy atom. The highest BCUT2D eigenvalue weighted by atomic mass is 35.5. The number of aliphatic hydroxyl groups is 1. The van der Waals surface area contributed by atoms with Crippen LogP contribution >= 0.6 is 23.4 Å². The molecule has 8 heteroatoms. The van der Waals surface area contributed by atoms with Crippen LogP contribution in [0, 0.1) is 0 Å². The van der Waals surface area contributed by atoms with Crippen LogP contribution in [0.3, 0.4) is 0 Å². The predicted octanol–water partition coefficient (Wildman–Crippen LogP) is 3.93. The van der Waals surface area contributed by atoms with Crippen LogP contribution in [0.2, 0.25) is 5.02 Å². The summed E-state index contributed by atoms with van der Waals surface area (Å²) >= 11 is 7.67. The van der Waals surface area contributed by atoms with Crippen LogP contribution in [0.15, 0.2) is 81.5 Å². The van der Waals surface area contributed by atoms with Gasteiger partial charge in [0.2, 0.25) is 0 Å². The van der Waals surface area contributed by atoms with E-state index in [2.05, 4.69) is 20.6 Å². The molecule has 0 amide bonds. The normalized spacial score (nSPS) is 12.5. The van der Waals surface area contributed by atoms with Gasteiger partial charge in [-0.15, -0.1) is 11.8 Å². The van der Waals surface area contributed by atoms with Gasteiger partial charge in [-0.3, -0.25) is 9.98 Å². The molecule has 3 rings (SSSR count). The van der Waals surface area contributed by atoms with Gasteiger partial charge in [-0.1, -0.05) is 11.6 Å². The first-order chi connectivity index (χ1) is 14.7. The highest BCUT2D eigenvalue weighted by Crippen LogP contribution is 2.19. The summed E-state index contributed by atoms with van der Waals surface area (Å²) in [6, 6.07) is 15.2. The first-order valence-corrected chi connectivity index (χ1v) is 11.1.